The number of piperazine rings is 1. The van der Waals surface area contributed by atoms with Crippen molar-refractivity contribution < 1.29 is 4.79 Å². The van der Waals surface area contributed by atoms with Gasteiger partial charge in [0.25, 0.3) is 5.91 Å². The molecule has 1 amide bonds. The second kappa shape index (κ2) is 7.49. The zero-order valence-electron chi connectivity index (χ0n) is 14.5. The summed E-state index contributed by atoms with van der Waals surface area (Å²) < 4.78 is 0. The minimum Gasteiger partial charge on any atom is -0.369 e. The molecular formula is C20H25N3O. The van der Waals surface area contributed by atoms with E-state index in [2.05, 4.69) is 22.0 Å². The Balaban J connectivity index is 1.63. The fraction of sp³-hybridized carbons (Fsp3) is 0.350. The predicted molar refractivity (Wildman–Crippen MR) is 99.9 cm³/mol. The Hall–Kier alpha value is -2.33. The number of hydrogen-bond acceptors (Lipinski definition) is 3. The van der Waals surface area contributed by atoms with E-state index < -0.39 is 0 Å². The Kier molecular flexibility index (Phi) is 5.16. The number of nitrogens with zero attached hydrogens (tertiary/aromatic N) is 2. The lowest BCUT2D eigenvalue weighted by atomic mass is 10.1. The van der Waals surface area contributed by atoms with Crippen LogP contribution < -0.4 is 10.2 Å². The Morgan fingerprint density at radius 2 is 1.75 bits per heavy atom. The summed E-state index contributed by atoms with van der Waals surface area (Å²) in [7, 11) is 0. The molecule has 0 atom stereocenters. The van der Waals surface area contributed by atoms with E-state index in [0.717, 1.165) is 44.0 Å². The van der Waals surface area contributed by atoms with Gasteiger partial charge in [0.15, 0.2) is 0 Å². The zero-order chi connectivity index (χ0) is 16.9. The lowest BCUT2D eigenvalue weighted by molar-refractivity contribution is 0.102. The van der Waals surface area contributed by atoms with Crippen LogP contribution in [0.5, 0.6) is 0 Å². The number of rotatable bonds is 4. The molecule has 3 rings (SSSR count). The van der Waals surface area contributed by atoms with Gasteiger partial charge in [0.1, 0.15) is 0 Å². The average Bonchev–Trinajstić information content (AvgIpc) is 2.62. The molecule has 1 heterocycles. The van der Waals surface area contributed by atoms with E-state index in [-0.39, 0.29) is 5.91 Å². The van der Waals surface area contributed by atoms with Gasteiger partial charge in [0.05, 0.1) is 0 Å². The normalized spacial score (nSPS) is 15.3. The monoisotopic (exact) mass is 323 g/mol. The molecule has 24 heavy (non-hydrogen) atoms. The highest BCUT2D eigenvalue weighted by atomic mass is 16.1. The quantitative estimate of drug-likeness (QED) is 0.937. The SMILES string of the molecule is CCN1CCN(c2ccc(C(=O)Nc3cccc(C)c3)cc2)CC1. The summed E-state index contributed by atoms with van der Waals surface area (Å²) >= 11 is 0. The van der Waals surface area contributed by atoms with Crippen molar-refractivity contribution >= 4 is 17.3 Å². The van der Waals surface area contributed by atoms with Crippen molar-refractivity contribution in [3.8, 4) is 0 Å². The summed E-state index contributed by atoms with van der Waals surface area (Å²) in [4.78, 5) is 17.2. The van der Waals surface area contributed by atoms with Crippen LogP contribution >= 0.6 is 0 Å². The van der Waals surface area contributed by atoms with Crippen molar-refractivity contribution in [2.45, 2.75) is 13.8 Å². The Bertz CT molecular complexity index is 688. The standard InChI is InChI=1S/C20H25N3O/c1-3-22-11-13-23(14-12-22)19-9-7-17(8-10-19)20(24)21-18-6-4-5-16(2)15-18/h4-10,15H,3,11-14H2,1-2H3,(H,21,24). The van der Waals surface area contributed by atoms with Crippen molar-refractivity contribution in [2.24, 2.45) is 0 Å². The van der Waals surface area contributed by atoms with Crippen molar-refractivity contribution in [3.05, 3.63) is 59.7 Å². The van der Waals surface area contributed by atoms with Gasteiger partial charge in [-0.25, -0.2) is 0 Å². The Labute approximate surface area is 144 Å². The minimum atomic E-state index is -0.0667. The van der Waals surface area contributed by atoms with Crippen LogP contribution in [0.4, 0.5) is 11.4 Å². The molecule has 0 bridgehead atoms. The van der Waals surface area contributed by atoms with Crippen molar-refractivity contribution in [3.63, 3.8) is 0 Å². The van der Waals surface area contributed by atoms with E-state index in [9.17, 15) is 4.79 Å². The fourth-order valence-electron chi connectivity index (χ4n) is 3.07. The number of aryl methyl sites for hydroxylation is 1. The van der Waals surface area contributed by atoms with Crippen molar-refractivity contribution in [2.75, 3.05) is 42.9 Å². The molecule has 0 unspecified atom stereocenters. The van der Waals surface area contributed by atoms with Crippen LogP contribution in [0, 0.1) is 6.92 Å². The van der Waals surface area contributed by atoms with Gasteiger partial charge in [0, 0.05) is 43.1 Å². The minimum absolute atomic E-state index is 0.0667. The van der Waals surface area contributed by atoms with Gasteiger partial charge in [-0.2, -0.15) is 0 Å². The first-order chi connectivity index (χ1) is 11.7. The summed E-state index contributed by atoms with van der Waals surface area (Å²) in [5, 5.41) is 2.95. The molecule has 2 aromatic rings. The summed E-state index contributed by atoms with van der Waals surface area (Å²) in [6, 6.07) is 15.8. The topological polar surface area (TPSA) is 35.6 Å². The van der Waals surface area contributed by atoms with E-state index in [1.54, 1.807) is 0 Å². The number of likely N-dealkylation sites (N-methyl/N-ethyl adjacent to an activating group) is 1. The van der Waals surface area contributed by atoms with Gasteiger partial charge < -0.3 is 15.1 Å². The fourth-order valence-corrected chi connectivity index (χ4v) is 3.07. The molecule has 1 N–H and O–H groups in total. The van der Waals surface area contributed by atoms with Crippen LogP contribution in [0.25, 0.3) is 0 Å². The van der Waals surface area contributed by atoms with E-state index in [1.807, 2.05) is 55.5 Å². The van der Waals surface area contributed by atoms with Crippen molar-refractivity contribution in [1.29, 1.82) is 0 Å². The first kappa shape index (κ1) is 16.5. The number of carbonyl (C=O) groups is 1. The third-order valence-corrected chi connectivity index (χ3v) is 4.59. The zero-order valence-corrected chi connectivity index (χ0v) is 14.5. The number of amides is 1. The molecule has 2 aromatic carbocycles. The Morgan fingerprint density at radius 1 is 1.04 bits per heavy atom. The van der Waals surface area contributed by atoms with E-state index in [4.69, 9.17) is 0 Å². The molecule has 1 aliphatic rings. The summed E-state index contributed by atoms with van der Waals surface area (Å²) in [6.45, 7) is 9.63. The van der Waals surface area contributed by atoms with E-state index in [1.165, 1.54) is 5.69 Å². The second-order valence-electron chi connectivity index (χ2n) is 6.29. The molecule has 0 aromatic heterocycles. The predicted octanol–water partition coefficient (Wildman–Crippen LogP) is 3.39. The lowest BCUT2D eigenvalue weighted by Crippen LogP contribution is -2.46. The van der Waals surface area contributed by atoms with Gasteiger partial charge >= 0.3 is 0 Å². The molecule has 1 saturated heterocycles. The molecule has 0 aliphatic carbocycles. The molecule has 4 nitrogen and oxygen atoms in total. The number of anilines is 2. The summed E-state index contributed by atoms with van der Waals surface area (Å²) in [6.07, 6.45) is 0. The van der Waals surface area contributed by atoms with Gasteiger partial charge in [-0.15, -0.1) is 0 Å². The lowest BCUT2D eigenvalue weighted by Gasteiger charge is -2.35. The van der Waals surface area contributed by atoms with Crippen LogP contribution in [0.2, 0.25) is 0 Å². The highest BCUT2D eigenvalue weighted by Gasteiger charge is 2.16. The molecule has 0 saturated carbocycles. The maximum Gasteiger partial charge on any atom is 0.255 e. The van der Waals surface area contributed by atoms with Gasteiger partial charge in [-0.3, -0.25) is 4.79 Å². The Morgan fingerprint density at radius 3 is 2.38 bits per heavy atom. The van der Waals surface area contributed by atoms with Gasteiger partial charge in [-0.1, -0.05) is 19.1 Å². The summed E-state index contributed by atoms with van der Waals surface area (Å²) in [5.41, 5.74) is 3.85. The van der Waals surface area contributed by atoms with Crippen LogP contribution in [-0.4, -0.2) is 43.5 Å². The number of hydrogen-bond donors (Lipinski definition) is 1. The number of carbonyl (C=O) groups excluding carboxylic acids is 1. The smallest absolute Gasteiger partial charge is 0.255 e. The maximum absolute atomic E-state index is 12.4. The third kappa shape index (κ3) is 3.95. The first-order valence-corrected chi connectivity index (χ1v) is 8.61. The van der Waals surface area contributed by atoms with Crippen LogP contribution in [0.3, 0.4) is 0 Å². The average molecular weight is 323 g/mol. The second-order valence-corrected chi connectivity index (χ2v) is 6.29. The molecular weight excluding hydrogens is 298 g/mol. The van der Waals surface area contributed by atoms with E-state index in [0.29, 0.717) is 5.56 Å². The van der Waals surface area contributed by atoms with E-state index >= 15 is 0 Å². The molecule has 0 radical (unpaired) electrons. The van der Waals surface area contributed by atoms with Crippen molar-refractivity contribution in [1.82, 2.24) is 4.90 Å². The molecule has 1 fully saturated rings. The molecule has 4 heteroatoms. The summed E-state index contributed by atoms with van der Waals surface area (Å²) in [5.74, 6) is -0.0667. The number of benzene rings is 2. The molecule has 1 aliphatic heterocycles. The highest BCUT2D eigenvalue weighted by molar-refractivity contribution is 6.04. The number of nitrogens with one attached hydrogen (secondary N) is 1. The van der Waals surface area contributed by atoms with Gasteiger partial charge in [-0.05, 0) is 55.4 Å². The first-order valence-electron chi connectivity index (χ1n) is 8.61. The third-order valence-electron chi connectivity index (χ3n) is 4.59. The van der Waals surface area contributed by atoms with Crippen LogP contribution in [-0.2, 0) is 0 Å². The van der Waals surface area contributed by atoms with Crippen LogP contribution in [0.15, 0.2) is 48.5 Å². The van der Waals surface area contributed by atoms with Gasteiger partial charge in [0.2, 0.25) is 0 Å². The largest absolute Gasteiger partial charge is 0.369 e. The maximum atomic E-state index is 12.4. The molecule has 0 spiro atoms. The molecule has 126 valence electrons. The highest BCUT2D eigenvalue weighted by Crippen LogP contribution is 2.18. The van der Waals surface area contributed by atoms with Crippen LogP contribution in [0.1, 0.15) is 22.8 Å².